The SMILES string of the molecule is CCNC(=O)N[C@H]1CCCC[C@H]1Cc1nc(Nc2ccc(C(=O)N3CCN(C)CC3)cc2)ncc1C(F)(F)F. The van der Waals surface area contributed by atoms with Crippen molar-refractivity contribution in [3.8, 4) is 0 Å². The third-order valence-electron chi connectivity index (χ3n) is 7.37. The molecule has 12 heteroatoms. The molecule has 1 saturated heterocycles. The Bertz CT molecular complexity index is 1140. The van der Waals surface area contributed by atoms with E-state index in [9.17, 15) is 22.8 Å². The molecule has 4 rings (SSSR count). The van der Waals surface area contributed by atoms with E-state index in [4.69, 9.17) is 0 Å². The van der Waals surface area contributed by atoms with Crippen LogP contribution in [-0.4, -0.2) is 77.5 Å². The van der Waals surface area contributed by atoms with Crippen LogP contribution in [-0.2, 0) is 12.6 Å². The molecule has 2 aliphatic rings. The number of halogens is 3. The zero-order chi connectivity index (χ0) is 28.0. The van der Waals surface area contributed by atoms with Gasteiger partial charge in [0.25, 0.3) is 5.91 Å². The summed E-state index contributed by atoms with van der Waals surface area (Å²) >= 11 is 0. The van der Waals surface area contributed by atoms with Gasteiger partial charge in [-0.1, -0.05) is 12.8 Å². The van der Waals surface area contributed by atoms with Crippen LogP contribution in [0.5, 0.6) is 0 Å². The molecule has 1 aliphatic carbocycles. The van der Waals surface area contributed by atoms with Gasteiger partial charge in [-0.3, -0.25) is 4.79 Å². The normalized spacial score (nSPS) is 20.4. The highest BCUT2D eigenvalue weighted by Gasteiger charge is 2.37. The molecule has 2 fully saturated rings. The van der Waals surface area contributed by atoms with E-state index < -0.39 is 11.7 Å². The summed E-state index contributed by atoms with van der Waals surface area (Å²) in [5, 5.41) is 8.58. The van der Waals surface area contributed by atoms with Crippen LogP contribution in [0.2, 0.25) is 0 Å². The van der Waals surface area contributed by atoms with Crippen molar-refractivity contribution in [3.05, 3.63) is 47.3 Å². The number of urea groups is 1. The fourth-order valence-corrected chi connectivity index (χ4v) is 5.16. The number of carbonyl (C=O) groups excluding carboxylic acids is 2. The summed E-state index contributed by atoms with van der Waals surface area (Å²) in [6.07, 6.45) is -0.524. The molecule has 1 aliphatic heterocycles. The molecule has 2 atom stereocenters. The van der Waals surface area contributed by atoms with Crippen LogP contribution in [0.4, 0.5) is 29.6 Å². The van der Waals surface area contributed by atoms with E-state index in [0.717, 1.165) is 32.1 Å². The van der Waals surface area contributed by atoms with Gasteiger partial charge in [-0.15, -0.1) is 0 Å². The molecule has 212 valence electrons. The van der Waals surface area contributed by atoms with Crippen molar-refractivity contribution in [3.63, 3.8) is 0 Å². The maximum atomic E-state index is 13.8. The van der Waals surface area contributed by atoms with Crippen molar-refractivity contribution in [2.45, 2.75) is 51.2 Å². The Hall–Kier alpha value is -3.41. The van der Waals surface area contributed by atoms with Crippen molar-refractivity contribution in [2.24, 2.45) is 5.92 Å². The van der Waals surface area contributed by atoms with Gasteiger partial charge in [0.05, 0.1) is 11.3 Å². The minimum absolute atomic E-state index is 0.0418. The minimum Gasteiger partial charge on any atom is -0.338 e. The van der Waals surface area contributed by atoms with Gasteiger partial charge in [-0.25, -0.2) is 14.8 Å². The summed E-state index contributed by atoms with van der Waals surface area (Å²) in [7, 11) is 2.02. The zero-order valence-electron chi connectivity index (χ0n) is 22.4. The fourth-order valence-electron chi connectivity index (χ4n) is 5.16. The predicted molar refractivity (Wildman–Crippen MR) is 142 cm³/mol. The Morgan fingerprint density at radius 3 is 2.41 bits per heavy atom. The Balaban J connectivity index is 1.48. The topological polar surface area (TPSA) is 102 Å². The van der Waals surface area contributed by atoms with E-state index in [1.54, 1.807) is 24.3 Å². The highest BCUT2D eigenvalue weighted by molar-refractivity contribution is 5.94. The number of anilines is 2. The number of nitrogens with zero attached hydrogens (tertiary/aromatic N) is 4. The molecule has 1 aromatic heterocycles. The first kappa shape index (κ1) is 28.6. The van der Waals surface area contributed by atoms with E-state index in [1.165, 1.54) is 0 Å². The smallest absolute Gasteiger partial charge is 0.338 e. The minimum atomic E-state index is -4.60. The Kier molecular flexibility index (Phi) is 9.26. The fraction of sp³-hybridized carbons (Fsp3) is 0.556. The Labute approximate surface area is 226 Å². The standard InChI is InChI=1S/C27H36F3N7O2/c1-3-31-26(39)35-22-7-5-4-6-19(22)16-23-21(27(28,29)30)17-32-25(34-23)33-20-10-8-18(9-11-20)24(38)37-14-12-36(2)13-15-37/h8-11,17,19,22H,3-7,12-16H2,1-2H3,(H2,31,35,39)(H,32,33,34)/t19-,22-/m0/s1. The van der Waals surface area contributed by atoms with Crippen molar-refractivity contribution < 1.29 is 22.8 Å². The third kappa shape index (κ3) is 7.59. The molecule has 2 aromatic rings. The van der Waals surface area contributed by atoms with E-state index in [-0.39, 0.29) is 42.0 Å². The van der Waals surface area contributed by atoms with Crippen LogP contribution >= 0.6 is 0 Å². The van der Waals surface area contributed by atoms with Crippen LogP contribution in [0, 0.1) is 5.92 Å². The number of hydrogen-bond acceptors (Lipinski definition) is 6. The van der Waals surface area contributed by atoms with Gasteiger partial charge >= 0.3 is 12.2 Å². The highest BCUT2D eigenvalue weighted by atomic mass is 19.4. The molecular formula is C27H36F3N7O2. The van der Waals surface area contributed by atoms with Gasteiger partial charge in [-0.2, -0.15) is 13.2 Å². The Morgan fingerprint density at radius 2 is 1.74 bits per heavy atom. The molecule has 0 bridgehead atoms. The second-order valence-electron chi connectivity index (χ2n) is 10.2. The molecular weight excluding hydrogens is 511 g/mol. The zero-order valence-corrected chi connectivity index (χ0v) is 22.4. The average Bonchev–Trinajstić information content (AvgIpc) is 2.90. The number of rotatable bonds is 7. The molecule has 3 amide bonds. The molecule has 0 unspecified atom stereocenters. The van der Waals surface area contributed by atoms with Gasteiger partial charge < -0.3 is 25.8 Å². The van der Waals surface area contributed by atoms with Gasteiger partial charge in [0.15, 0.2) is 0 Å². The quantitative estimate of drug-likeness (QED) is 0.484. The maximum absolute atomic E-state index is 13.8. The summed E-state index contributed by atoms with van der Waals surface area (Å²) in [6.45, 7) is 5.25. The first-order valence-electron chi connectivity index (χ1n) is 13.5. The van der Waals surface area contributed by atoms with Crippen LogP contribution in [0.1, 0.15) is 54.2 Å². The Morgan fingerprint density at radius 1 is 1.05 bits per heavy atom. The van der Waals surface area contributed by atoms with Crippen LogP contribution < -0.4 is 16.0 Å². The summed E-state index contributed by atoms with van der Waals surface area (Å²) in [5.41, 5.74) is 0.131. The van der Waals surface area contributed by atoms with Gasteiger partial charge in [-0.05, 0) is 63.4 Å². The van der Waals surface area contributed by atoms with Crippen molar-refractivity contribution in [1.29, 1.82) is 0 Å². The number of amides is 3. The van der Waals surface area contributed by atoms with Crippen molar-refractivity contribution in [1.82, 2.24) is 30.4 Å². The number of alkyl halides is 3. The van der Waals surface area contributed by atoms with Crippen LogP contribution in [0.15, 0.2) is 30.5 Å². The molecule has 0 radical (unpaired) electrons. The van der Waals surface area contributed by atoms with E-state index >= 15 is 0 Å². The predicted octanol–water partition coefficient (Wildman–Crippen LogP) is 4.05. The van der Waals surface area contributed by atoms with E-state index in [2.05, 4.69) is 30.8 Å². The van der Waals surface area contributed by atoms with Crippen molar-refractivity contribution in [2.75, 3.05) is 45.1 Å². The molecule has 1 aromatic carbocycles. The molecule has 2 heterocycles. The first-order valence-corrected chi connectivity index (χ1v) is 13.5. The van der Waals surface area contributed by atoms with Gasteiger partial charge in [0.2, 0.25) is 5.95 Å². The van der Waals surface area contributed by atoms with E-state index in [1.807, 2.05) is 18.9 Å². The number of nitrogens with one attached hydrogen (secondary N) is 3. The lowest BCUT2D eigenvalue weighted by Gasteiger charge is -2.32. The van der Waals surface area contributed by atoms with Crippen LogP contribution in [0.3, 0.4) is 0 Å². The summed E-state index contributed by atoms with van der Waals surface area (Å²) < 4.78 is 41.5. The third-order valence-corrected chi connectivity index (χ3v) is 7.37. The van der Waals surface area contributed by atoms with E-state index in [0.29, 0.717) is 43.7 Å². The van der Waals surface area contributed by atoms with Gasteiger partial charge in [0.1, 0.15) is 0 Å². The highest BCUT2D eigenvalue weighted by Crippen LogP contribution is 2.35. The lowest BCUT2D eigenvalue weighted by Crippen LogP contribution is -2.47. The lowest BCUT2D eigenvalue weighted by molar-refractivity contribution is -0.138. The number of hydrogen-bond donors (Lipinski definition) is 3. The van der Waals surface area contributed by atoms with Gasteiger partial charge in [0, 0.05) is 56.2 Å². The summed E-state index contributed by atoms with van der Waals surface area (Å²) in [6, 6.07) is 6.21. The number of carbonyl (C=O) groups is 2. The second kappa shape index (κ2) is 12.6. The molecule has 1 saturated carbocycles. The maximum Gasteiger partial charge on any atom is 0.419 e. The second-order valence-corrected chi connectivity index (χ2v) is 10.2. The molecule has 3 N–H and O–H groups in total. The summed E-state index contributed by atoms with van der Waals surface area (Å²) in [4.78, 5) is 37.1. The number of benzene rings is 1. The number of aromatic nitrogens is 2. The average molecular weight is 548 g/mol. The molecule has 0 spiro atoms. The molecule has 39 heavy (non-hydrogen) atoms. The molecule has 9 nitrogen and oxygen atoms in total. The number of piperazine rings is 1. The number of likely N-dealkylation sites (N-methyl/N-ethyl adjacent to an activating group) is 1. The lowest BCUT2D eigenvalue weighted by atomic mass is 9.81. The largest absolute Gasteiger partial charge is 0.419 e. The first-order chi connectivity index (χ1) is 18.6. The van der Waals surface area contributed by atoms with Crippen molar-refractivity contribution >= 4 is 23.6 Å². The monoisotopic (exact) mass is 547 g/mol. The van der Waals surface area contributed by atoms with Crippen LogP contribution in [0.25, 0.3) is 0 Å². The summed E-state index contributed by atoms with van der Waals surface area (Å²) in [5.74, 6) is -0.184.